The Hall–Kier alpha value is 0.170. The molecule has 1 aliphatic rings. The third-order valence-electron chi connectivity index (χ3n) is 2.96. The number of piperidine rings is 1. The van der Waals surface area contributed by atoms with E-state index in [4.69, 9.17) is 5.73 Å². The van der Waals surface area contributed by atoms with E-state index in [9.17, 15) is 0 Å². The number of nitrogens with two attached hydrogens (primary N) is 1. The lowest BCUT2D eigenvalue weighted by Gasteiger charge is -2.36. The van der Waals surface area contributed by atoms with Crippen LogP contribution in [0.15, 0.2) is 0 Å². The van der Waals surface area contributed by atoms with E-state index in [0.717, 1.165) is 12.5 Å². The molecule has 4 heteroatoms. The van der Waals surface area contributed by atoms with E-state index in [2.05, 4.69) is 37.7 Å². The zero-order chi connectivity index (χ0) is 11.5. The minimum atomic E-state index is -0.0472. The van der Waals surface area contributed by atoms with E-state index in [1.165, 1.54) is 32.5 Å². The third kappa shape index (κ3) is 6.69. The molecule has 0 amide bonds. The van der Waals surface area contributed by atoms with Crippen molar-refractivity contribution in [3.8, 4) is 0 Å². The van der Waals surface area contributed by atoms with Gasteiger partial charge in [0.05, 0.1) is 0 Å². The first kappa shape index (κ1) is 16.2. The summed E-state index contributed by atoms with van der Waals surface area (Å²) in [6.07, 6.45) is 2.66. The number of likely N-dealkylation sites (tertiary alicyclic amines) is 1. The van der Waals surface area contributed by atoms with Crippen LogP contribution in [0.5, 0.6) is 0 Å². The highest BCUT2D eigenvalue weighted by Gasteiger charge is 2.23. The van der Waals surface area contributed by atoms with E-state index in [0.29, 0.717) is 0 Å². The molecule has 0 aliphatic carbocycles. The lowest BCUT2D eigenvalue weighted by molar-refractivity contribution is 0.142. The molecule has 1 aliphatic heterocycles. The van der Waals surface area contributed by atoms with Gasteiger partial charge in [-0.15, -0.1) is 12.4 Å². The summed E-state index contributed by atoms with van der Waals surface area (Å²) >= 11 is 0. The molecule has 0 aromatic rings. The predicted molar refractivity (Wildman–Crippen MR) is 73.2 cm³/mol. The van der Waals surface area contributed by atoms with Crippen LogP contribution < -0.4 is 5.73 Å². The van der Waals surface area contributed by atoms with Gasteiger partial charge in [-0.1, -0.05) is 0 Å². The SMILES string of the molecule is CN(C)CC1CCN(CC(C)(C)N)CC1.Cl. The molecule has 0 atom stereocenters. The molecule has 0 bridgehead atoms. The van der Waals surface area contributed by atoms with Crippen LogP contribution in [-0.4, -0.2) is 55.6 Å². The molecule has 0 spiro atoms. The average Bonchev–Trinajstić information content (AvgIpc) is 2.05. The van der Waals surface area contributed by atoms with Gasteiger partial charge in [0.25, 0.3) is 0 Å². The number of hydrogen-bond acceptors (Lipinski definition) is 3. The summed E-state index contributed by atoms with van der Waals surface area (Å²) in [5, 5.41) is 0. The van der Waals surface area contributed by atoms with Gasteiger partial charge in [-0.25, -0.2) is 0 Å². The molecular formula is C12H28ClN3. The van der Waals surface area contributed by atoms with Crippen LogP contribution in [0.1, 0.15) is 26.7 Å². The van der Waals surface area contributed by atoms with E-state index in [1.807, 2.05) is 0 Å². The van der Waals surface area contributed by atoms with E-state index < -0.39 is 0 Å². The normalized spacial score (nSPS) is 19.9. The zero-order valence-corrected chi connectivity index (χ0v) is 12.0. The topological polar surface area (TPSA) is 32.5 Å². The first-order valence-corrected chi connectivity index (χ1v) is 6.03. The van der Waals surface area contributed by atoms with Crippen LogP contribution in [0.2, 0.25) is 0 Å². The van der Waals surface area contributed by atoms with Crippen molar-refractivity contribution in [3.05, 3.63) is 0 Å². The molecule has 0 radical (unpaired) electrons. The van der Waals surface area contributed by atoms with Gasteiger partial charge in [0.1, 0.15) is 0 Å². The molecule has 1 fully saturated rings. The van der Waals surface area contributed by atoms with Crippen molar-refractivity contribution in [1.29, 1.82) is 0 Å². The van der Waals surface area contributed by atoms with Gasteiger partial charge in [0, 0.05) is 18.6 Å². The van der Waals surface area contributed by atoms with Crippen molar-refractivity contribution in [2.24, 2.45) is 11.7 Å². The van der Waals surface area contributed by atoms with Crippen molar-refractivity contribution in [2.75, 3.05) is 40.3 Å². The monoisotopic (exact) mass is 249 g/mol. The second-order valence-electron chi connectivity index (χ2n) is 5.97. The molecular weight excluding hydrogens is 222 g/mol. The second kappa shape index (κ2) is 6.80. The van der Waals surface area contributed by atoms with Crippen LogP contribution in [0, 0.1) is 5.92 Å². The summed E-state index contributed by atoms with van der Waals surface area (Å²) in [7, 11) is 4.32. The maximum absolute atomic E-state index is 6.03. The molecule has 1 saturated heterocycles. The van der Waals surface area contributed by atoms with Crippen LogP contribution >= 0.6 is 12.4 Å². The van der Waals surface area contributed by atoms with Crippen molar-refractivity contribution in [2.45, 2.75) is 32.2 Å². The molecule has 0 aromatic carbocycles. The zero-order valence-electron chi connectivity index (χ0n) is 11.2. The summed E-state index contributed by atoms with van der Waals surface area (Å²) in [4.78, 5) is 4.80. The van der Waals surface area contributed by atoms with Gasteiger partial charge in [-0.3, -0.25) is 0 Å². The maximum atomic E-state index is 6.03. The molecule has 3 nitrogen and oxygen atoms in total. The maximum Gasteiger partial charge on any atom is 0.0226 e. The first-order chi connectivity index (χ1) is 6.87. The van der Waals surface area contributed by atoms with Crippen molar-refractivity contribution >= 4 is 12.4 Å². The fourth-order valence-corrected chi connectivity index (χ4v) is 2.42. The van der Waals surface area contributed by atoms with E-state index in [1.54, 1.807) is 0 Å². The number of hydrogen-bond donors (Lipinski definition) is 1. The van der Waals surface area contributed by atoms with Crippen molar-refractivity contribution < 1.29 is 0 Å². The smallest absolute Gasteiger partial charge is 0.0226 e. The van der Waals surface area contributed by atoms with E-state index in [-0.39, 0.29) is 17.9 Å². The van der Waals surface area contributed by atoms with Crippen LogP contribution in [0.4, 0.5) is 0 Å². The van der Waals surface area contributed by atoms with Gasteiger partial charge >= 0.3 is 0 Å². The highest BCUT2D eigenvalue weighted by Crippen LogP contribution is 2.18. The predicted octanol–water partition coefficient (Wildman–Crippen LogP) is 1.42. The molecule has 2 N–H and O–H groups in total. The number of halogens is 1. The summed E-state index contributed by atoms with van der Waals surface area (Å²) < 4.78 is 0. The van der Waals surface area contributed by atoms with Crippen molar-refractivity contribution in [1.82, 2.24) is 9.80 Å². The van der Waals surface area contributed by atoms with Gasteiger partial charge in [-0.05, 0) is 59.8 Å². The lowest BCUT2D eigenvalue weighted by atomic mass is 9.95. The molecule has 16 heavy (non-hydrogen) atoms. The van der Waals surface area contributed by atoms with Crippen LogP contribution in [0.3, 0.4) is 0 Å². The lowest BCUT2D eigenvalue weighted by Crippen LogP contribution is -2.48. The average molecular weight is 250 g/mol. The Balaban J connectivity index is 0.00000225. The van der Waals surface area contributed by atoms with Gasteiger partial charge in [-0.2, -0.15) is 0 Å². The summed E-state index contributed by atoms with van der Waals surface area (Å²) in [6, 6.07) is 0. The summed E-state index contributed by atoms with van der Waals surface area (Å²) in [6.45, 7) is 8.93. The molecule has 98 valence electrons. The minimum absolute atomic E-state index is 0. The van der Waals surface area contributed by atoms with Gasteiger partial charge < -0.3 is 15.5 Å². The highest BCUT2D eigenvalue weighted by molar-refractivity contribution is 5.85. The molecule has 0 unspecified atom stereocenters. The summed E-state index contributed by atoms with van der Waals surface area (Å²) in [5.41, 5.74) is 5.98. The van der Waals surface area contributed by atoms with Crippen LogP contribution in [-0.2, 0) is 0 Å². The number of rotatable bonds is 4. The Morgan fingerprint density at radius 3 is 2.12 bits per heavy atom. The standard InChI is InChI=1S/C12H27N3.ClH/c1-12(2,13)10-15-7-5-11(6-8-15)9-14(3)4;/h11H,5-10,13H2,1-4H3;1H. The largest absolute Gasteiger partial charge is 0.324 e. The Morgan fingerprint density at radius 2 is 1.75 bits per heavy atom. The van der Waals surface area contributed by atoms with E-state index >= 15 is 0 Å². The Bertz CT molecular complexity index is 181. The Labute approximate surface area is 107 Å². The molecule has 0 aromatic heterocycles. The quantitative estimate of drug-likeness (QED) is 0.818. The fourth-order valence-electron chi connectivity index (χ4n) is 2.42. The minimum Gasteiger partial charge on any atom is -0.324 e. The highest BCUT2D eigenvalue weighted by atomic mass is 35.5. The van der Waals surface area contributed by atoms with Crippen LogP contribution in [0.25, 0.3) is 0 Å². The molecule has 0 saturated carbocycles. The third-order valence-corrected chi connectivity index (χ3v) is 2.96. The van der Waals surface area contributed by atoms with Gasteiger partial charge in [0.2, 0.25) is 0 Å². The fraction of sp³-hybridized carbons (Fsp3) is 1.00. The second-order valence-corrected chi connectivity index (χ2v) is 5.97. The number of nitrogens with zero attached hydrogens (tertiary/aromatic N) is 2. The van der Waals surface area contributed by atoms with Crippen molar-refractivity contribution in [3.63, 3.8) is 0 Å². The molecule has 1 rings (SSSR count). The Morgan fingerprint density at radius 1 is 1.25 bits per heavy atom. The first-order valence-electron chi connectivity index (χ1n) is 6.03. The Kier molecular flexibility index (Phi) is 6.87. The van der Waals surface area contributed by atoms with Gasteiger partial charge in [0.15, 0.2) is 0 Å². The molecule has 1 heterocycles. The summed E-state index contributed by atoms with van der Waals surface area (Å²) in [5.74, 6) is 0.886.